The van der Waals surface area contributed by atoms with E-state index < -0.39 is 16.1 Å². The topological polar surface area (TPSA) is 97.0 Å². The minimum Gasteiger partial charge on any atom is -0.495 e. The highest BCUT2D eigenvalue weighted by molar-refractivity contribution is 7.89. The van der Waals surface area contributed by atoms with E-state index in [1.807, 2.05) is 30.3 Å². The average molecular weight is 434 g/mol. The highest BCUT2D eigenvalue weighted by Crippen LogP contribution is 2.28. The number of ether oxygens (including phenoxy) is 2. The van der Waals surface area contributed by atoms with Crippen molar-refractivity contribution in [2.75, 3.05) is 45.3 Å². The summed E-state index contributed by atoms with van der Waals surface area (Å²) in [6.07, 6.45) is 0. The molecule has 2 aromatic carbocycles. The summed E-state index contributed by atoms with van der Waals surface area (Å²) in [6, 6.07) is 13.4. The number of sulfonamides is 1. The van der Waals surface area contributed by atoms with Crippen LogP contribution in [-0.4, -0.2) is 59.2 Å². The van der Waals surface area contributed by atoms with Gasteiger partial charge in [-0.2, -0.15) is 0 Å². The maximum atomic E-state index is 13.2. The third-order valence-electron chi connectivity index (χ3n) is 4.84. The van der Waals surface area contributed by atoms with Crippen LogP contribution in [0.1, 0.15) is 18.5 Å². The molecule has 0 unspecified atom stereocenters. The van der Waals surface area contributed by atoms with Gasteiger partial charge in [0.25, 0.3) is 0 Å². The van der Waals surface area contributed by atoms with E-state index in [9.17, 15) is 13.2 Å². The highest BCUT2D eigenvalue weighted by Gasteiger charge is 2.25. The number of hydrogen-bond donors (Lipinski definition) is 2. The van der Waals surface area contributed by atoms with Crippen LogP contribution >= 0.6 is 0 Å². The van der Waals surface area contributed by atoms with Crippen LogP contribution < -0.4 is 14.8 Å². The summed E-state index contributed by atoms with van der Waals surface area (Å²) in [7, 11) is -2.40. The largest absolute Gasteiger partial charge is 0.495 e. The molecule has 0 saturated carbocycles. The molecule has 2 aromatic rings. The SMILES string of the molecule is COc1ccc(S(=O)(=O)N[C@@H](CN2CCOCC2)c2ccccc2)cc1NC(C)=O. The van der Waals surface area contributed by atoms with Gasteiger partial charge in [0.15, 0.2) is 0 Å². The number of nitrogens with one attached hydrogen (secondary N) is 2. The number of hydrogen-bond acceptors (Lipinski definition) is 6. The standard InChI is InChI=1S/C21H27N3O5S/c1-16(25)22-19-14-18(8-9-21(19)28-2)30(26,27)23-20(17-6-4-3-5-7-17)15-24-10-12-29-13-11-24/h3-9,14,20,23H,10-13,15H2,1-2H3,(H,22,25)/t20-/m0/s1. The Morgan fingerprint density at radius 2 is 1.87 bits per heavy atom. The first-order valence-corrected chi connectivity index (χ1v) is 11.2. The molecule has 0 spiro atoms. The third kappa shape index (κ3) is 5.79. The molecule has 8 nitrogen and oxygen atoms in total. The zero-order valence-corrected chi connectivity index (χ0v) is 17.9. The molecule has 0 radical (unpaired) electrons. The molecule has 30 heavy (non-hydrogen) atoms. The molecule has 162 valence electrons. The fourth-order valence-corrected chi connectivity index (χ4v) is 4.58. The molecule has 1 aliphatic heterocycles. The Hall–Kier alpha value is -2.46. The van der Waals surface area contributed by atoms with Gasteiger partial charge in [-0.05, 0) is 23.8 Å². The van der Waals surface area contributed by atoms with E-state index in [4.69, 9.17) is 9.47 Å². The van der Waals surface area contributed by atoms with E-state index in [0.717, 1.165) is 18.7 Å². The van der Waals surface area contributed by atoms with Crippen molar-refractivity contribution in [3.8, 4) is 5.75 Å². The maximum Gasteiger partial charge on any atom is 0.241 e. The summed E-state index contributed by atoms with van der Waals surface area (Å²) in [6.45, 7) is 4.65. The van der Waals surface area contributed by atoms with Crippen molar-refractivity contribution in [3.05, 3.63) is 54.1 Å². The van der Waals surface area contributed by atoms with Crippen molar-refractivity contribution in [2.45, 2.75) is 17.9 Å². The Bertz CT molecular complexity index is 960. The molecule has 1 aliphatic rings. The van der Waals surface area contributed by atoms with Gasteiger partial charge >= 0.3 is 0 Å². The minimum atomic E-state index is -3.86. The number of amides is 1. The molecular weight excluding hydrogens is 406 g/mol. The minimum absolute atomic E-state index is 0.0509. The third-order valence-corrected chi connectivity index (χ3v) is 6.31. The Morgan fingerprint density at radius 1 is 1.17 bits per heavy atom. The lowest BCUT2D eigenvalue weighted by atomic mass is 10.1. The first kappa shape index (κ1) is 22.2. The number of nitrogens with zero attached hydrogens (tertiary/aromatic N) is 1. The number of carbonyl (C=O) groups is 1. The summed E-state index contributed by atoms with van der Waals surface area (Å²) in [5, 5.41) is 2.61. The van der Waals surface area contributed by atoms with Gasteiger partial charge in [-0.1, -0.05) is 30.3 Å². The second kappa shape index (κ2) is 10.0. The van der Waals surface area contributed by atoms with Crippen molar-refractivity contribution in [3.63, 3.8) is 0 Å². The number of methoxy groups -OCH3 is 1. The van der Waals surface area contributed by atoms with Crippen LogP contribution in [-0.2, 0) is 19.6 Å². The summed E-state index contributed by atoms with van der Waals surface area (Å²) in [4.78, 5) is 13.7. The molecule has 1 atom stereocenters. The predicted molar refractivity (Wildman–Crippen MR) is 114 cm³/mol. The van der Waals surface area contributed by atoms with Gasteiger partial charge in [-0.15, -0.1) is 0 Å². The number of rotatable bonds is 8. The van der Waals surface area contributed by atoms with Crippen LogP contribution in [0, 0.1) is 0 Å². The van der Waals surface area contributed by atoms with Gasteiger partial charge in [0.05, 0.1) is 36.9 Å². The second-order valence-corrected chi connectivity index (χ2v) is 8.75. The maximum absolute atomic E-state index is 13.2. The highest BCUT2D eigenvalue weighted by atomic mass is 32.2. The fraction of sp³-hybridized carbons (Fsp3) is 0.381. The second-order valence-electron chi connectivity index (χ2n) is 7.04. The van der Waals surface area contributed by atoms with Crippen LogP contribution in [0.15, 0.2) is 53.4 Å². The van der Waals surface area contributed by atoms with E-state index >= 15 is 0 Å². The lowest BCUT2D eigenvalue weighted by Crippen LogP contribution is -2.43. The molecular formula is C21H27N3O5S. The van der Waals surface area contributed by atoms with Crippen LogP contribution in [0.3, 0.4) is 0 Å². The average Bonchev–Trinajstić information content (AvgIpc) is 2.74. The number of carbonyl (C=O) groups excluding carboxylic acids is 1. The Morgan fingerprint density at radius 3 is 2.50 bits per heavy atom. The summed E-state index contributed by atoms with van der Waals surface area (Å²) in [5.74, 6) is 0.0716. The lowest BCUT2D eigenvalue weighted by molar-refractivity contribution is -0.114. The summed E-state index contributed by atoms with van der Waals surface area (Å²) in [5.41, 5.74) is 1.18. The van der Waals surface area contributed by atoms with Gasteiger partial charge in [-0.3, -0.25) is 9.69 Å². The van der Waals surface area contributed by atoms with Crippen LogP contribution in [0.4, 0.5) is 5.69 Å². The zero-order chi connectivity index (χ0) is 21.6. The van der Waals surface area contributed by atoms with Crippen molar-refractivity contribution in [2.24, 2.45) is 0 Å². The van der Waals surface area contributed by atoms with E-state index in [1.165, 1.54) is 32.2 Å². The monoisotopic (exact) mass is 433 g/mol. The van der Waals surface area contributed by atoms with Gasteiger partial charge in [-0.25, -0.2) is 13.1 Å². The first-order valence-electron chi connectivity index (χ1n) is 9.72. The van der Waals surface area contributed by atoms with Crippen molar-refractivity contribution < 1.29 is 22.7 Å². The predicted octanol–water partition coefficient (Wildman–Crippen LogP) is 2.01. The van der Waals surface area contributed by atoms with E-state index in [2.05, 4.69) is 14.9 Å². The van der Waals surface area contributed by atoms with E-state index in [1.54, 1.807) is 0 Å². The Balaban J connectivity index is 1.88. The molecule has 0 aliphatic carbocycles. The first-order chi connectivity index (χ1) is 14.4. The zero-order valence-electron chi connectivity index (χ0n) is 17.1. The van der Waals surface area contributed by atoms with Crippen LogP contribution in [0.25, 0.3) is 0 Å². The van der Waals surface area contributed by atoms with Gasteiger partial charge in [0, 0.05) is 26.6 Å². The van der Waals surface area contributed by atoms with Gasteiger partial charge in [0.1, 0.15) is 5.75 Å². The molecule has 2 N–H and O–H groups in total. The van der Waals surface area contributed by atoms with Gasteiger partial charge < -0.3 is 14.8 Å². The molecule has 1 heterocycles. The number of morpholine rings is 1. The molecule has 1 fully saturated rings. The molecule has 3 rings (SSSR count). The molecule has 1 saturated heterocycles. The number of anilines is 1. The van der Waals surface area contributed by atoms with Crippen molar-refractivity contribution in [1.82, 2.24) is 9.62 Å². The Kier molecular flexibility index (Phi) is 7.43. The molecule has 0 bridgehead atoms. The normalized spacial score (nSPS) is 16.1. The Labute approximate surface area is 177 Å². The van der Waals surface area contributed by atoms with E-state index in [-0.39, 0.29) is 10.8 Å². The van der Waals surface area contributed by atoms with Gasteiger partial charge in [0.2, 0.25) is 15.9 Å². The quantitative estimate of drug-likeness (QED) is 0.661. The smallest absolute Gasteiger partial charge is 0.241 e. The van der Waals surface area contributed by atoms with E-state index in [0.29, 0.717) is 31.2 Å². The van der Waals surface area contributed by atoms with Crippen LogP contribution in [0.2, 0.25) is 0 Å². The molecule has 1 amide bonds. The van der Waals surface area contributed by atoms with Crippen LogP contribution in [0.5, 0.6) is 5.75 Å². The molecule has 0 aromatic heterocycles. The number of benzene rings is 2. The molecule has 9 heteroatoms. The van der Waals surface area contributed by atoms with Crippen molar-refractivity contribution >= 4 is 21.6 Å². The summed E-state index contributed by atoms with van der Waals surface area (Å²) < 4.78 is 39.8. The summed E-state index contributed by atoms with van der Waals surface area (Å²) >= 11 is 0. The van der Waals surface area contributed by atoms with Crippen molar-refractivity contribution in [1.29, 1.82) is 0 Å². The fourth-order valence-electron chi connectivity index (χ4n) is 3.33. The lowest BCUT2D eigenvalue weighted by Gasteiger charge is -2.31.